The molecular weight excluding hydrogens is 1600 g/mol. The number of hydrogen-bond donors (Lipinski definition) is 8. The monoisotopic (exact) mass is 1680 g/mol. The molecule has 600 valence electrons. The van der Waals surface area contributed by atoms with Gasteiger partial charge in [0.15, 0.2) is 9.84 Å². The van der Waals surface area contributed by atoms with Crippen molar-refractivity contribution in [3.05, 3.63) is 297 Å². The van der Waals surface area contributed by atoms with Crippen molar-refractivity contribution < 1.29 is 45.9 Å². The van der Waals surface area contributed by atoms with Crippen LogP contribution in [0.5, 0.6) is 0 Å². The molecule has 0 aliphatic heterocycles. The van der Waals surface area contributed by atoms with Crippen LogP contribution in [-0.2, 0) is 24.6 Å². The number of carbonyl (C=O) groups excluding carboxylic acids is 4. The highest BCUT2D eigenvalue weighted by molar-refractivity contribution is 7.91. The van der Waals surface area contributed by atoms with Gasteiger partial charge in [0, 0.05) is 126 Å². The van der Waals surface area contributed by atoms with Gasteiger partial charge in [-0.15, -0.1) is 0 Å². The minimum absolute atomic E-state index is 0.0120. The molecule has 0 radical (unpaired) electrons. The summed E-state index contributed by atoms with van der Waals surface area (Å²) in [5.41, 5.74) is 10.4. The van der Waals surface area contributed by atoms with E-state index in [0.717, 1.165) is 22.5 Å². The van der Waals surface area contributed by atoms with Crippen molar-refractivity contribution in [3.8, 4) is 45.0 Å². The number of likely N-dealkylation sites (N-methyl/N-ethyl adjacent to an activating group) is 1. The molecule has 0 aliphatic rings. The van der Waals surface area contributed by atoms with Crippen molar-refractivity contribution in [2.45, 2.75) is 23.1 Å². The number of nitrogens with zero attached hydrogens (tertiary/aromatic N) is 8. The van der Waals surface area contributed by atoms with Gasteiger partial charge in [-0.05, 0) is 242 Å². The second-order valence-electron chi connectivity index (χ2n) is 26.0. The number of halogens is 4. The molecule has 0 atom stereocenters. The molecule has 0 spiro atoms. The lowest BCUT2D eigenvalue weighted by Crippen LogP contribution is -2.31. The van der Waals surface area contributed by atoms with E-state index in [-0.39, 0.29) is 45.8 Å². The molecular formula is C85H85Cl4N15O10S2. The van der Waals surface area contributed by atoms with Gasteiger partial charge >= 0.3 is 0 Å². The molecule has 12 aromatic rings. The fourth-order valence-corrected chi connectivity index (χ4v) is 14.1. The number of nitrogens with one attached hydrogen (secondary N) is 7. The molecule has 0 bridgehead atoms. The van der Waals surface area contributed by atoms with E-state index in [1.807, 2.05) is 117 Å². The molecule has 116 heavy (non-hydrogen) atoms. The molecule has 0 aliphatic carbocycles. The van der Waals surface area contributed by atoms with E-state index >= 15 is 0 Å². The highest BCUT2D eigenvalue weighted by Gasteiger charge is 2.20. The average Bonchev–Trinajstić information content (AvgIpc) is 0.836. The van der Waals surface area contributed by atoms with E-state index in [4.69, 9.17) is 56.2 Å². The second-order valence-corrected chi connectivity index (χ2v) is 31.5. The minimum Gasteiger partial charge on any atom is -0.395 e. The van der Waals surface area contributed by atoms with Gasteiger partial charge < -0.3 is 51.5 Å². The van der Waals surface area contributed by atoms with Crippen molar-refractivity contribution >= 4 is 124 Å². The van der Waals surface area contributed by atoms with Crippen LogP contribution in [0.3, 0.4) is 0 Å². The van der Waals surface area contributed by atoms with Crippen molar-refractivity contribution in [1.29, 1.82) is 0 Å². The summed E-state index contributed by atoms with van der Waals surface area (Å²) in [6.45, 7) is 4.92. The number of ether oxygens (including phenoxy) is 1. The lowest BCUT2D eigenvalue weighted by Gasteiger charge is -2.12. The van der Waals surface area contributed by atoms with E-state index in [9.17, 15) is 36.0 Å². The van der Waals surface area contributed by atoms with Crippen molar-refractivity contribution in [3.63, 3.8) is 0 Å². The van der Waals surface area contributed by atoms with E-state index in [1.165, 1.54) is 48.5 Å². The van der Waals surface area contributed by atoms with E-state index in [0.29, 0.717) is 151 Å². The first-order valence-corrected chi connectivity index (χ1v) is 40.7. The smallest absolute Gasteiger partial charge is 0.257 e. The SMILES string of the molecule is CN(C)CCCS(=O)(=O)c1ccc(C(=O)Nc2ccc(Cl)c(-c3ccccn3)c2)cc1.CN(C)CCNS(=O)(=O)c1ccc(C(=O)Nc2ccc(Cl)c(-c3ccccn3)c2)cc1.COCCNc1cc(C(=O)Nc2ccc(Cl)c(-c3ccccn3)c2)ccn1.Cc1nc(NCCO)ccc1C(=O)Nc1ccc(Cl)c(-c2ccccn2)c1. The topological polar surface area (TPSA) is 334 Å². The average molecular weight is 1680 g/mol. The quantitative estimate of drug-likeness (QED) is 0.0202. The highest BCUT2D eigenvalue weighted by Crippen LogP contribution is 2.34. The Morgan fingerprint density at radius 3 is 1.22 bits per heavy atom. The van der Waals surface area contributed by atoms with Crippen LogP contribution in [-0.4, -0.2) is 172 Å². The zero-order valence-electron chi connectivity index (χ0n) is 64.1. The number of aromatic nitrogens is 6. The molecule has 25 nitrogen and oxygen atoms in total. The third-order valence-corrected chi connectivity index (χ3v) is 21.4. The highest BCUT2D eigenvalue weighted by atomic mass is 35.5. The number of sulfonamides is 1. The number of aliphatic hydroxyl groups is 1. The van der Waals surface area contributed by atoms with E-state index in [1.54, 1.807) is 136 Å². The maximum absolute atomic E-state index is 12.6. The van der Waals surface area contributed by atoms with Crippen LogP contribution >= 0.6 is 46.4 Å². The number of methoxy groups -OCH3 is 1. The lowest BCUT2D eigenvalue weighted by molar-refractivity contribution is 0.101. The van der Waals surface area contributed by atoms with Crippen LogP contribution < -0.4 is 36.6 Å². The van der Waals surface area contributed by atoms with E-state index in [2.05, 4.69) is 66.5 Å². The van der Waals surface area contributed by atoms with Gasteiger partial charge in [-0.3, -0.25) is 39.1 Å². The number of carbonyl (C=O) groups is 4. The molecule has 12 rings (SSSR count). The number of rotatable bonds is 29. The van der Waals surface area contributed by atoms with Crippen molar-refractivity contribution in [2.24, 2.45) is 0 Å². The summed E-state index contributed by atoms with van der Waals surface area (Å²) >= 11 is 25.1. The Kier molecular flexibility index (Phi) is 33.5. The summed E-state index contributed by atoms with van der Waals surface area (Å²) in [6.07, 6.45) is 8.87. The number of hydrogen-bond acceptors (Lipinski definition) is 20. The van der Waals surface area contributed by atoms with Crippen molar-refractivity contribution in [1.82, 2.24) is 44.4 Å². The molecule has 0 unspecified atom stereocenters. The molecule has 6 aromatic carbocycles. The third-order valence-electron chi connectivity index (χ3n) is 16.8. The van der Waals surface area contributed by atoms with Crippen LogP contribution in [0, 0.1) is 6.92 Å². The Morgan fingerprint density at radius 2 is 0.828 bits per heavy atom. The number of aryl methyl sites for hydroxylation is 1. The summed E-state index contributed by atoms with van der Waals surface area (Å²) < 4.78 is 57.1. The van der Waals surface area contributed by atoms with Crippen LogP contribution in [0.25, 0.3) is 45.0 Å². The van der Waals surface area contributed by atoms with Crippen LogP contribution in [0.15, 0.2) is 259 Å². The van der Waals surface area contributed by atoms with Crippen LogP contribution in [0.2, 0.25) is 20.1 Å². The molecule has 6 aromatic heterocycles. The van der Waals surface area contributed by atoms with Gasteiger partial charge in [0.2, 0.25) is 10.0 Å². The number of pyridine rings is 6. The number of anilines is 6. The van der Waals surface area contributed by atoms with Gasteiger partial charge in [0.05, 0.1) is 82.9 Å². The predicted molar refractivity (Wildman–Crippen MR) is 462 cm³/mol. The predicted octanol–water partition coefficient (Wildman–Crippen LogP) is 15.7. The van der Waals surface area contributed by atoms with Crippen LogP contribution in [0.1, 0.15) is 53.5 Å². The Balaban J connectivity index is 0.000000177. The zero-order chi connectivity index (χ0) is 83.2. The summed E-state index contributed by atoms with van der Waals surface area (Å²) in [5, 5.41) is 28.5. The first-order valence-electron chi connectivity index (χ1n) is 36.1. The Hall–Kier alpha value is -11.4. The first-order chi connectivity index (χ1) is 55.8. The maximum atomic E-state index is 12.6. The fraction of sp³-hybridized carbons (Fsp3) is 0.176. The molecule has 0 saturated heterocycles. The summed E-state index contributed by atoms with van der Waals surface area (Å²) in [7, 11) is 2.15. The minimum atomic E-state index is -3.63. The molecule has 6 heterocycles. The largest absolute Gasteiger partial charge is 0.395 e. The van der Waals surface area contributed by atoms with Crippen molar-refractivity contribution in [2.75, 3.05) is 119 Å². The van der Waals surface area contributed by atoms with Gasteiger partial charge in [-0.25, -0.2) is 31.5 Å². The van der Waals surface area contributed by atoms with E-state index < -0.39 is 19.9 Å². The molecule has 4 amide bonds. The second kappa shape index (κ2) is 43.9. The Morgan fingerprint density at radius 1 is 0.422 bits per heavy atom. The number of amides is 4. The summed E-state index contributed by atoms with van der Waals surface area (Å²) in [4.78, 5) is 80.4. The first kappa shape index (κ1) is 88.5. The van der Waals surface area contributed by atoms with Crippen LogP contribution in [0.4, 0.5) is 34.4 Å². The zero-order valence-corrected chi connectivity index (χ0v) is 68.7. The third kappa shape index (κ3) is 26.8. The molecule has 0 fully saturated rings. The Bertz CT molecular complexity index is 5340. The Labute approximate surface area is 694 Å². The number of benzene rings is 6. The van der Waals surface area contributed by atoms with Gasteiger partial charge in [0.1, 0.15) is 11.6 Å². The lowest BCUT2D eigenvalue weighted by atomic mass is 10.1. The normalized spacial score (nSPS) is 11.0. The standard InChI is InChI=1S/C23H24ClN3O3S.C22H23ClN4O3S.2C20H19ClN4O2/c1-27(2)14-5-15-31(29,30)19-10-7-17(8-11-19)23(28)26-18-9-12-21(24)20(16-18)22-6-3-4-13-25-22;1-27(2)14-13-25-31(29,30)18-9-6-16(7-10-18)22(28)26-17-8-11-20(23)19(15-17)21-5-3-4-12-24-21;1-13-15(6-8-19(24-13)23-10-11-26)20(27)25-14-5-7-17(21)16(12-14)18-4-2-3-9-22-18;1-27-11-10-24-19-12-14(7-9-23-19)20(26)25-15-5-6-17(21)16(13-15)18-4-2-3-8-22-18/h3-4,6-13,16H,5,14-15H2,1-2H3,(H,26,28);3-12,15,25H,13-14H2,1-2H3,(H,26,28);2-9,12,26H,10-11H2,1H3,(H,23,24)(H,25,27);2-9,12-13H,10-11H2,1H3,(H,23,24)(H,25,26). The fourth-order valence-electron chi connectivity index (χ4n) is 10.9. The summed E-state index contributed by atoms with van der Waals surface area (Å²) in [6, 6.07) is 61.6. The summed E-state index contributed by atoms with van der Waals surface area (Å²) in [5.74, 6) is 0.0961. The molecule has 0 saturated carbocycles. The maximum Gasteiger partial charge on any atom is 0.257 e. The number of aliphatic hydroxyl groups excluding tert-OH is 1. The van der Waals surface area contributed by atoms with Gasteiger partial charge in [0.25, 0.3) is 23.6 Å². The van der Waals surface area contributed by atoms with Gasteiger partial charge in [-0.1, -0.05) is 70.7 Å². The van der Waals surface area contributed by atoms with Gasteiger partial charge in [-0.2, -0.15) is 0 Å². The molecule has 8 N–H and O–H groups in total. The molecule has 31 heteroatoms. The number of sulfone groups is 1.